The van der Waals surface area contributed by atoms with Crippen LogP contribution in [-0.4, -0.2) is 27.2 Å². The fraction of sp³-hybridized carbons (Fsp3) is 0.417. The van der Waals surface area contributed by atoms with Gasteiger partial charge in [0.05, 0.1) is 30.7 Å². The number of carbonyl (C=O) groups excluding carboxylic acids is 1. The molecule has 106 valence electrons. The van der Waals surface area contributed by atoms with E-state index in [1.165, 1.54) is 7.11 Å². The summed E-state index contributed by atoms with van der Waals surface area (Å²) in [5.41, 5.74) is 8.17. The molecule has 0 saturated carbocycles. The second kappa shape index (κ2) is 5.92. The maximum absolute atomic E-state index is 11.9. The van der Waals surface area contributed by atoms with Crippen LogP contribution in [0.25, 0.3) is 0 Å². The Balaban J connectivity index is 2.90. The van der Waals surface area contributed by atoms with Crippen molar-refractivity contribution in [2.75, 3.05) is 23.3 Å². The van der Waals surface area contributed by atoms with E-state index in [0.29, 0.717) is 11.4 Å². The molecule has 1 rings (SSSR count). The average molecular weight is 286 g/mol. The zero-order chi connectivity index (χ0) is 14.6. The number of methoxy groups -OCH3 is 1. The molecule has 0 aliphatic rings. The van der Waals surface area contributed by atoms with Gasteiger partial charge in [0.15, 0.2) is 0 Å². The molecule has 7 heteroatoms. The largest absolute Gasteiger partial charge is 0.469 e. The molecule has 0 aliphatic heterocycles. The molecule has 3 N–H and O–H groups in total. The van der Waals surface area contributed by atoms with Crippen LogP contribution < -0.4 is 10.5 Å². The maximum Gasteiger partial charge on any atom is 0.306 e. The van der Waals surface area contributed by atoms with Crippen LogP contribution in [0.4, 0.5) is 11.4 Å². The average Bonchev–Trinajstić information content (AvgIpc) is 2.36. The normalized spacial score (nSPS) is 11.1. The maximum atomic E-state index is 11.9. The van der Waals surface area contributed by atoms with Gasteiger partial charge in [0.2, 0.25) is 10.0 Å². The Morgan fingerprint density at radius 3 is 2.58 bits per heavy atom. The lowest BCUT2D eigenvalue weighted by atomic mass is 10.1. The molecule has 0 saturated heterocycles. The minimum absolute atomic E-state index is 0.198. The first-order chi connectivity index (χ1) is 8.76. The first-order valence-corrected chi connectivity index (χ1v) is 7.35. The monoisotopic (exact) mass is 286 g/mol. The van der Waals surface area contributed by atoms with E-state index in [-0.39, 0.29) is 12.2 Å². The number of benzene rings is 1. The summed E-state index contributed by atoms with van der Waals surface area (Å²) in [6, 6.07) is 3.46. The van der Waals surface area contributed by atoms with Crippen molar-refractivity contribution in [2.45, 2.75) is 20.3 Å². The SMILES string of the molecule is COC(=O)CCS(=O)(=O)Nc1c(N)ccc(C)c1C. The number of aryl methyl sites for hydroxylation is 1. The third-order valence-electron chi connectivity index (χ3n) is 2.83. The summed E-state index contributed by atoms with van der Waals surface area (Å²) < 4.78 is 30.5. The zero-order valence-electron chi connectivity index (χ0n) is 11.2. The third kappa shape index (κ3) is 4.13. The van der Waals surface area contributed by atoms with E-state index in [1.54, 1.807) is 13.0 Å². The van der Waals surface area contributed by atoms with Crippen LogP contribution in [0.2, 0.25) is 0 Å². The number of ether oxygens (including phenoxy) is 1. The Morgan fingerprint density at radius 1 is 1.37 bits per heavy atom. The van der Waals surface area contributed by atoms with Gasteiger partial charge in [0.25, 0.3) is 0 Å². The van der Waals surface area contributed by atoms with Crippen molar-refractivity contribution in [3.8, 4) is 0 Å². The fourth-order valence-corrected chi connectivity index (χ4v) is 2.62. The predicted octanol–water partition coefficient (Wildman–Crippen LogP) is 1.19. The van der Waals surface area contributed by atoms with Crippen LogP contribution in [-0.2, 0) is 19.6 Å². The first kappa shape index (κ1) is 15.3. The quantitative estimate of drug-likeness (QED) is 0.626. The van der Waals surface area contributed by atoms with E-state index in [2.05, 4.69) is 9.46 Å². The van der Waals surface area contributed by atoms with Crippen molar-refractivity contribution in [1.82, 2.24) is 0 Å². The predicted molar refractivity (Wildman–Crippen MR) is 74.4 cm³/mol. The van der Waals surface area contributed by atoms with E-state index in [4.69, 9.17) is 5.73 Å². The topological polar surface area (TPSA) is 98.5 Å². The van der Waals surface area contributed by atoms with Gasteiger partial charge >= 0.3 is 5.97 Å². The molecule has 1 aromatic rings. The van der Waals surface area contributed by atoms with Crippen LogP contribution in [0.3, 0.4) is 0 Å². The molecule has 1 aromatic carbocycles. The number of anilines is 2. The molecule has 0 amide bonds. The second-order valence-corrected chi connectivity index (χ2v) is 6.06. The summed E-state index contributed by atoms with van der Waals surface area (Å²) >= 11 is 0. The lowest BCUT2D eigenvalue weighted by Crippen LogP contribution is -2.20. The van der Waals surface area contributed by atoms with E-state index < -0.39 is 16.0 Å². The van der Waals surface area contributed by atoms with Gasteiger partial charge in [-0.25, -0.2) is 8.42 Å². The van der Waals surface area contributed by atoms with Crippen LogP contribution in [0, 0.1) is 13.8 Å². The Bertz CT molecular complexity index is 582. The number of nitrogens with two attached hydrogens (primary N) is 1. The molecule has 19 heavy (non-hydrogen) atoms. The van der Waals surface area contributed by atoms with Crippen molar-refractivity contribution in [3.05, 3.63) is 23.3 Å². The van der Waals surface area contributed by atoms with Crippen molar-refractivity contribution in [3.63, 3.8) is 0 Å². The van der Waals surface area contributed by atoms with Crippen LogP contribution in [0.1, 0.15) is 17.5 Å². The Hall–Kier alpha value is -1.76. The van der Waals surface area contributed by atoms with Crippen molar-refractivity contribution in [2.24, 2.45) is 0 Å². The second-order valence-electron chi connectivity index (χ2n) is 4.22. The number of rotatable bonds is 5. The summed E-state index contributed by atoms with van der Waals surface area (Å²) in [6.07, 6.45) is -0.198. The van der Waals surface area contributed by atoms with Gasteiger partial charge in [0.1, 0.15) is 0 Å². The summed E-state index contributed by atoms with van der Waals surface area (Å²) in [6.45, 7) is 3.64. The Morgan fingerprint density at radius 2 is 2.00 bits per heavy atom. The summed E-state index contributed by atoms with van der Waals surface area (Å²) in [5.74, 6) is -0.911. The van der Waals surface area contributed by atoms with E-state index >= 15 is 0 Å². The highest BCUT2D eigenvalue weighted by molar-refractivity contribution is 7.92. The molecule has 6 nitrogen and oxygen atoms in total. The highest BCUT2D eigenvalue weighted by Crippen LogP contribution is 2.26. The van der Waals surface area contributed by atoms with Gasteiger partial charge in [-0.3, -0.25) is 9.52 Å². The molecule has 0 radical (unpaired) electrons. The Kier molecular flexibility index (Phi) is 4.77. The van der Waals surface area contributed by atoms with Crippen LogP contribution in [0.5, 0.6) is 0 Å². The van der Waals surface area contributed by atoms with E-state index in [1.807, 2.05) is 13.0 Å². The Labute approximate surface area is 113 Å². The molecule has 0 fully saturated rings. The highest BCUT2D eigenvalue weighted by atomic mass is 32.2. The van der Waals surface area contributed by atoms with E-state index in [9.17, 15) is 13.2 Å². The van der Waals surface area contributed by atoms with Gasteiger partial charge in [-0.05, 0) is 31.0 Å². The zero-order valence-corrected chi connectivity index (χ0v) is 12.0. The van der Waals surface area contributed by atoms with Gasteiger partial charge in [-0.15, -0.1) is 0 Å². The fourth-order valence-electron chi connectivity index (χ4n) is 1.50. The van der Waals surface area contributed by atoms with Gasteiger partial charge < -0.3 is 10.5 Å². The molecule has 0 aromatic heterocycles. The van der Waals surface area contributed by atoms with Gasteiger partial charge in [0, 0.05) is 0 Å². The van der Waals surface area contributed by atoms with Crippen molar-refractivity contribution in [1.29, 1.82) is 0 Å². The van der Waals surface area contributed by atoms with Crippen LogP contribution in [0.15, 0.2) is 12.1 Å². The number of sulfonamides is 1. The number of nitrogen functional groups attached to an aromatic ring is 1. The summed E-state index contributed by atoms with van der Waals surface area (Å²) in [5, 5.41) is 0. The molecule has 0 atom stereocenters. The molecular weight excluding hydrogens is 268 g/mol. The minimum Gasteiger partial charge on any atom is -0.469 e. The number of hydrogen-bond acceptors (Lipinski definition) is 5. The third-order valence-corrected chi connectivity index (χ3v) is 4.08. The standard InChI is InChI=1S/C12H18N2O4S/c1-8-4-5-10(13)12(9(8)2)14-19(16,17)7-6-11(15)18-3/h4-5,14H,6-7,13H2,1-3H3. The summed E-state index contributed by atoms with van der Waals surface area (Å²) in [7, 11) is -2.42. The van der Waals surface area contributed by atoms with Gasteiger partial charge in [-0.2, -0.15) is 0 Å². The lowest BCUT2D eigenvalue weighted by Gasteiger charge is -2.14. The first-order valence-electron chi connectivity index (χ1n) is 5.70. The van der Waals surface area contributed by atoms with E-state index in [0.717, 1.165) is 11.1 Å². The highest BCUT2D eigenvalue weighted by Gasteiger charge is 2.16. The number of hydrogen-bond donors (Lipinski definition) is 2. The molecular formula is C12H18N2O4S. The van der Waals surface area contributed by atoms with Crippen molar-refractivity contribution >= 4 is 27.4 Å². The number of esters is 1. The lowest BCUT2D eigenvalue weighted by molar-refractivity contribution is -0.140. The number of nitrogens with one attached hydrogen (secondary N) is 1. The molecule has 0 aliphatic carbocycles. The minimum atomic E-state index is -3.63. The molecule has 0 bridgehead atoms. The van der Waals surface area contributed by atoms with Gasteiger partial charge in [-0.1, -0.05) is 6.07 Å². The molecule has 0 spiro atoms. The smallest absolute Gasteiger partial charge is 0.306 e. The molecule has 0 unspecified atom stereocenters. The van der Waals surface area contributed by atoms with Crippen molar-refractivity contribution < 1.29 is 17.9 Å². The van der Waals surface area contributed by atoms with Crippen LogP contribution >= 0.6 is 0 Å². The number of carbonyl (C=O) groups is 1. The molecule has 0 heterocycles. The summed E-state index contributed by atoms with van der Waals surface area (Å²) in [4.78, 5) is 11.0.